The standard InChI is InChI=1S/C30H30Cl2N2O4S/c31-25-10-6-21(7-11-25)29(22-8-12-26(32)13-9-22)34-18-20(19-34)15-28(39(36)37)23-3-1-4-24(16-23)30(35)33-17-27-5-2-14-38-27/h1,3-4,6-13,15-16,27-29H,2,5,14,17-19H2,(H,33,35)(H,36,37)/p-1. The summed E-state index contributed by atoms with van der Waals surface area (Å²) in [5, 5.41) is 3.39. The molecule has 0 aliphatic carbocycles. The van der Waals surface area contributed by atoms with Gasteiger partial charge in [-0.1, -0.05) is 65.7 Å². The second-order valence-corrected chi connectivity index (χ2v) is 11.8. The van der Waals surface area contributed by atoms with Crippen LogP contribution in [0.5, 0.6) is 0 Å². The van der Waals surface area contributed by atoms with Crippen molar-refractivity contribution in [2.75, 3.05) is 26.2 Å². The molecule has 3 aromatic rings. The lowest BCUT2D eigenvalue weighted by Gasteiger charge is -2.41. The first-order chi connectivity index (χ1) is 18.9. The van der Waals surface area contributed by atoms with Crippen molar-refractivity contribution in [3.05, 3.63) is 117 Å². The number of carbonyl (C=O) groups excluding carboxylic acids is 1. The molecule has 3 aromatic carbocycles. The van der Waals surface area contributed by atoms with Crippen LogP contribution in [0.3, 0.4) is 0 Å². The molecular formula is C30H29Cl2N2O4S-. The number of hydrogen-bond acceptors (Lipinski definition) is 5. The molecule has 3 atom stereocenters. The van der Waals surface area contributed by atoms with Crippen LogP contribution in [-0.4, -0.2) is 51.9 Å². The Balaban J connectivity index is 1.31. The van der Waals surface area contributed by atoms with Gasteiger partial charge in [0.25, 0.3) is 5.91 Å². The van der Waals surface area contributed by atoms with Gasteiger partial charge in [-0.05, 0) is 82.6 Å². The van der Waals surface area contributed by atoms with Gasteiger partial charge in [0.05, 0.1) is 17.4 Å². The van der Waals surface area contributed by atoms with Gasteiger partial charge in [0.15, 0.2) is 0 Å². The third-order valence-electron chi connectivity index (χ3n) is 7.14. The predicted molar refractivity (Wildman–Crippen MR) is 154 cm³/mol. The van der Waals surface area contributed by atoms with Crippen molar-refractivity contribution >= 4 is 40.2 Å². The van der Waals surface area contributed by atoms with Crippen LogP contribution in [0.15, 0.2) is 84.4 Å². The Kier molecular flexibility index (Phi) is 9.17. The molecule has 5 rings (SSSR count). The fourth-order valence-electron chi connectivity index (χ4n) is 5.12. The molecular weight excluding hydrogens is 555 g/mol. The van der Waals surface area contributed by atoms with Crippen molar-refractivity contribution < 1.29 is 18.3 Å². The van der Waals surface area contributed by atoms with Crippen LogP contribution < -0.4 is 5.32 Å². The summed E-state index contributed by atoms with van der Waals surface area (Å²) in [6.07, 6.45) is 3.76. The summed E-state index contributed by atoms with van der Waals surface area (Å²) >= 11 is 9.86. The summed E-state index contributed by atoms with van der Waals surface area (Å²) in [4.78, 5) is 15.0. The smallest absolute Gasteiger partial charge is 0.251 e. The van der Waals surface area contributed by atoms with E-state index in [0.717, 1.165) is 36.1 Å². The Bertz CT molecular complexity index is 1300. The average molecular weight is 585 g/mol. The van der Waals surface area contributed by atoms with Crippen molar-refractivity contribution in [3.63, 3.8) is 0 Å². The number of nitrogens with zero attached hydrogens (tertiary/aromatic N) is 1. The number of rotatable bonds is 9. The fourth-order valence-corrected chi connectivity index (χ4v) is 6.04. The van der Waals surface area contributed by atoms with E-state index >= 15 is 0 Å². The minimum absolute atomic E-state index is 0.0243. The van der Waals surface area contributed by atoms with Gasteiger partial charge in [-0.15, -0.1) is 0 Å². The number of ether oxygens (including phenoxy) is 1. The highest BCUT2D eigenvalue weighted by Gasteiger charge is 2.31. The van der Waals surface area contributed by atoms with E-state index in [1.807, 2.05) is 48.5 Å². The molecule has 1 amide bonds. The van der Waals surface area contributed by atoms with Crippen LogP contribution in [0.2, 0.25) is 10.0 Å². The van der Waals surface area contributed by atoms with E-state index in [1.54, 1.807) is 30.3 Å². The van der Waals surface area contributed by atoms with Crippen molar-refractivity contribution in [2.45, 2.75) is 30.2 Å². The van der Waals surface area contributed by atoms with Gasteiger partial charge in [-0.2, -0.15) is 0 Å². The SMILES string of the molecule is O=C(NCC1CCCO1)c1cccc(C(C=C2CN(C(c3ccc(Cl)cc3)c3ccc(Cl)cc3)C2)S(=O)[O-])c1. The van der Waals surface area contributed by atoms with Crippen LogP contribution in [0, 0.1) is 0 Å². The zero-order valence-corrected chi connectivity index (χ0v) is 23.6. The van der Waals surface area contributed by atoms with Gasteiger partial charge < -0.3 is 14.6 Å². The highest BCUT2D eigenvalue weighted by molar-refractivity contribution is 7.79. The quantitative estimate of drug-likeness (QED) is 0.252. The number of benzene rings is 3. The number of hydrogen-bond donors (Lipinski definition) is 1. The van der Waals surface area contributed by atoms with Gasteiger partial charge in [-0.3, -0.25) is 13.9 Å². The Hall–Kier alpha value is -2.52. The number of amides is 1. The molecule has 6 nitrogen and oxygen atoms in total. The van der Waals surface area contributed by atoms with Crippen LogP contribution in [0.25, 0.3) is 0 Å². The topological polar surface area (TPSA) is 81.7 Å². The molecule has 2 aliphatic heterocycles. The molecule has 0 radical (unpaired) electrons. The lowest BCUT2D eigenvalue weighted by molar-refractivity contribution is 0.0857. The van der Waals surface area contributed by atoms with Crippen molar-refractivity contribution in [1.29, 1.82) is 0 Å². The van der Waals surface area contributed by atoms with Gasteiger partial charge >= 0.3 is 0 Å². The molecule has 39 heavy (non-hydrogen) atoms. The fraction of sp³-hybridized carbons (Fsp3) is 0.300. The average Bonchev–Trinajstić information content (AvgIpc) is 3.44. The number of nitrogens with one attached hydrogen (secondary N) is 1. The first-order valence-electron chi connectivity index (χ1n) is 12.9. The Labute approximate surface area is 241 Å². The van der Waals surface area contributed by atoms with Crippen molar-refractivity contribution in [2.24, 2.45) is 0 Å². The summed E-state index contributed by atoms with van der Waals surface area (Å²) in [5.41, 5.74) is 4.19. The molecule has 9 heteroatoms. The molecule has 0 aromatic heterocycles. The second-order valence-electron chi connectivity index (χ2n) is 9.89. The first kappa shape index (κ1) is 28.0. The molecule has 0 bridgehead atoms. The third kappa shape index (κ3) is 6.98. The summed E-state index contributed by atoms with van der Waals surface area (Å²) in [6.45, 7) is 2.40. The van der Waals surface area contributed by atoms with Crippen molar-refractivity contribution in [3.8, 4) is 0 Å². The minimum atomic E-state index is -2.39. The monoisotopic (exact) mass is 583 g/mol. The molecule has 0 spiro atoms. The first-order valence-corrected chi connectivity index (χ1v) is 14.8. The molecule has 2 heterocycles. The predicted octanol–water partition coefficient (Wildman–Crippen LogP) is 5.85. The number of likely N-dealkylation sites (tertiary alicyclic amines) is 1. The summed E-state index contributed by atoms with van der Waals surface area (Å²) in [5.74, 6) is -0.237. The van der Waals surface area contributed by atoms with E-state index in [9.17, 15) is 13.6 Å². The molecule has 1 N–H and O–H groups in total. The highest BCUT2D eigenvalue weighted by Crippen LogP contribution is 2.36. The molecule has 0 saturated carbocycles. The Morgan fingerprint density at radius 2 is 1.67 bits per heavy atom. The van der Waals surface area contributed by atoms with E-state index < -0.39 is 16.3 Å². The van der Waals surface area contributed by atoms with Crippen molar-refractivity contribution in [1.82, 2.24) is 10.2 Å². The molecule has 2 saturated heterocycles. The summed E-state index contributed by atoms with van der Waals surface area (Å²) in [6, 6.07) is 22.3. The van der Waals surface area contributed by atoms with Crippen LogP contribution >= 0.6 is 23.2 Å². The van der Waals surface area contributed by atoms with Gasteiger partial charge in [-0.25, -0.2) is 0 Å². The van der Waals surface area contributed by atoms with E-state index in [4.69, 9.17) is 27.9 Å². The zero-order valence-electron chi connectivity index (χ0n) is 21.2. The minimum Gasteiger partial charge on any atom is -0.772 e. The largest absolute Gasteiger partial charge is 0.772 e. The number of carbonyl (C=O) groups is 1. The van der Waals surface area contributed by atoms with Gasteiger partial charge in [0, 0.05) is 41.8 Å². The maximum Gasteiger partial charge on any atom is 0.251 e. The van der Waals surface area contributed by atoms with Gasteiger partial charge in [0.2, 0.25) is 0 Å². The molecule has 2 fully saturated rings. The van der Waals surface area contributed by atoms with Gasteiger partial charge in [0.1, 0.15) is 0 Å². The Morgan fingerprint density at radius 3 is 2.23 bits per heavy atom. The lowest BCUT2D eigenvalue weighted by atomic mass is 9.92. The zero-order chi connectivity index (χ0) is 27.4. The molecule has 204 valence electrons. The van der Waals surface area contributed by atoms with E-state index in [-0.39, 0.29) is 18.1 Å². The van der Waals surface area contributed by atoms with E-state index in [0.29, 0.717) is 40.8 Å². The summed E-state index contributed by atoms with van der Waals surface area (Å²) in [7, 11) is 0. The van der Waals surface area contributed by atoms with Crippen LogP contribution in [-0.2, 0) is 15.8 Å². The third-order valence-corrected chi connectivity index (χ3v) is 8.46. The Morgan fingerprint density at radius 1 is 1.03 bits per heavy atom. The molecule has 2 aliphatic rings. The maximum atomic E-state index is 12.7. The second kappa shape index (κ2) is 12.8. The molecule has 3 unspecified atom stereocenters. The van der Waals surface area contributed by atoms with E-state index in [1.165, 1.54) is 0 Å². The highest BCUT2D eigenvalue weighted by atomic mass is 35.5. The summed E-state index contributed by atoms with van der Waals surface area (Å²) < 4.78 is 30.1. The maximum absolute atomic E-state index is 12.7. The van der Waals surface area contributed by atoms with Crippen LogP contribution in [0.1, 0.15) is 51.2 Å². The lowest BCUT2D eigenvalue weighted by Crippen LogP contribution is -2.43. The normalized spacial score (nSPS) is 19.0. The van der Waals surface area contributed by atoms with Crippen LogP contribution in [0.4, 0.5) is 0 Å². The van der Waals surface area contributed by atoms with E-state index in [2.05, 4.69) is 10.2 Å². The number of halogens is 2.